The molecule has 44 heavy (non-hydrogen) atoms. The van der Waals surface area contributed by atoms with Crippen molar-refractivity contribution < 1.29 is 23.0 Å². The number of amides is 1. The summed E-state index contributed by atoms with van der Waals surface area (Å²) in [6.45, 7) is 14.0. The van der Waals surface area contributed by atoms with Crippen LogP contribution in [-0.2, 0) is 11.2 Å². The number of likely N-dealkylation sites (tertiary alicyclic amines) is 1. The highest BCUT2D eigenvalue weighted by atomic mass is 19.1. The van der Waals surface area contributed by atoms with Gasteiger partial charge in [0.25, 0.3) is 0 Å². The minimum absolute atomic E-state index is 0.0133. The third kappa shape index (κ3) is 7.03. The van der Waals surface area contributed by atoms with Crippen LogP contribution in [0.3, 0.4) is 0 Å². The van der Waals surface area contributed by atoms with E-state index in [1.54, 1.807) is 11.0 Å². The summed E-state index contributed by atoms with van der Waals surface area (Å²) < 4.78 is 41.3. The number of fused-ring (bicyclic) bond motifs is 1. The molecule has 1 amide bonds. The molecule has 0 saturated carbocycles. The number of hydrogen-bond donors (Lipinski definition) is 1. The second-order valence-corrected chi connectivity index (χ2v) is 12.7. The molecule has 1 N–H and O–H groups in total. The van der Waals surface area contributed by atoms with E-state index in [9.17, 15) is 4.79 Å². The molecule has 2 aromatic heterocycles. The molecule has 0 spiro atoms. The molecule has 1 fully saturated rings. The normalized spacial score (nSPS) is 15.7. The zero-order valence-corrected chi connectivity index (χ0v) is 26.4. The Hall–Kier alpha value is -4.02. The van der Waals surface area contributed by atoms with E-state index in [0.717, 1.165) is 37.6 Å². The molecule has 1 aromatic carbocycles. The van der Waals surface area contributed by atoms with Gasteiger partial charge in [-0.2, -0.15) is 0 Å². The van der Waals surface area contributed by atoms with Gasteiger partial charge in [0.1, 0.15) is 23.7 Å². The highest BCUT2D eigenvalue weighted by Crippen LogP contribution is 2.39. The Kier molecular flexibility index (Phi) is 9.22. The molecule has 0 unspecified atom stereocenters. The summed E-state index contributed by atoms with van der Waals surface area (Å²) in [6, 6.07) is 7.02. The Morgan fingerprint density at radius 3 is 2.55 bits per heavy atom. The molecular formula is C33H42F2N6O3. The van der Waals surface area contributed by atoms with Gasteiger partial charge in [0.15, 0.2) is 17.4 Å². The van der Waals surface area contributed by atoms with Crippen molar-refractivity contribution in [1.29, 1.82) is 0 Å². The molecule has 0 bridgehead atoms. The zero-order valence-electron chi connectivity index (χ0n) is 26.4. The van der Waals surface area contributed by atoms with Crippen LogP contribution >= 0.6 is 0 Å². The number of anilines is 3. The molecule has 0 aliphatic carbocycles. The van der Waals surface area contributed by atoms with Gasteiger partial charge in [-0.1, -0.05) is 19.4 Å². The maximum absolute atomic E-state index is 15.1. The lowest BCUT2D eigenvalue weighted by atomic mass is 9.87. The van der Waals surface area contributed by atoms with E-state index in [2.05, 4.69) is 28.3 Å². The first-order chi connectivity index (χ1) is 20.9. The number of nitrogens with zero attached hydrogens (tertiary/aromatic N) is 5. The van der Waals surface area contributed by atoms with E-state index in [1.165, 1.54) is 11.6 Å². The van der Waals surface area contributed by atoms with Crippen LogP contribution in [0.2, 0.25) is 0 Å². The SMILES string of the molecule is CCCc1nc(Nc2ncc(F)c(-c3cc(F)c4c(c3)N(C(C)C)CCO4)n2)ccc1C1CCN(C(=O)OC(C)(C)C)CC1. The van der Waals surface area contributed by atoms with Crippen molar-refractivity contribution in [1.82, 2.24) is 19.9 Å². The van der Waals surface area contributed by atoms with Crippen LogP contribution in [-0.4, -0.2) is 63.8 Å². The van der Waals surface area contributed by atoms with Crippen molar-refractivity contribution in [3.63, 3.8) is 0 Å². The van der Waals surface area contributed by atoms with Crippen molar-refractivity contribution in [3.05, 3.63) is 53.4 Å². The minimum atomic E-state index is -0.657. The summed E-state index contributed by atoms with van der Waals surface area (Å²) in [5, 5.41) is 3.12. The van der Waals surface area contributed by atoms with E-state index >= 15 is 8.78 Å². The lowest BCUT2D eigenvalue weighted by molar-refractivity contribution is 0.0204. The Labute approximate surface area is 258 Å². The van der Waals surface area contributed by atoms with Gasteiger partial charge < -0.3 is 24.6 Å². The van der Waals surface area contributed by atoms with Gasteiger partial charge in [-0.15, -0.1) is 0 Å². The third-order valence-electron chi connectivity index (χ3n) is 7.88. The summed E-state index contributed by atoms with van der Waals surface area (Å²) in [6.07, 6.45) is 4.16. The molecule has 3 aromatic rings. The molecule has 2 aliphatic rings. The monoisotopic (exact) mass is 608 g/mol. The largest absolute Gasteiger partial charge is 0.486 e. The molecular weight excluding hydrogens is 566 g/mol. The quantitative estimate of drug-likeness (QED) is 0.300. The number of benzene rings is 1. The van der Waals surface area contributed by atoms with Gasteiger partial charge in [0, 0.05) is 30.4 Å². The second-order valence-electron chi connectivity index (χ2n) is 12.7. The standard InChI is InChI=1S/C33H42F2N6O3/c1-7-8-26-23(21-11-13-40(14-12-21)32(42)44-33(4,5)6)9-10-28(37-26)38-31-36-19-25(35)29(39-31)22-17-24(34)30-27(18-22)41(20(2)3)15-16-43-30/h9-10,17-21H,7-8,11-16H2,1-6H3,(H,36,37,38,39). The molecule has 236 valence electrons. The Balaban J connectivity index is 1.35. The predicted octanol–water partition coefficient (Wildman–Crippen LogP) is 7.23. The Morgan fingerprint density at radius 1 is 1.11 bits per heavy atom. The number of aromatic nitrogens is 3. The van der Waals surface area contributed by atoms with E-state index in [-0.39, 0.29) is 35.4 Å². The zero-order chi connectivity index (χ0) is 31.6. The fourth-order valence-electron chi connectivity index (χ4n) is 5.81. The molecule has 11 heteroatoms. The van der Waals surface area contributed by atoms with Crippen molar-refractivity contribution in [3.8, 4) is 17.0 Å². The molecule has 2 aliphatic heterocycles. The number of carbonyl (C=O) groups excluding carboxylic acids is 1. The highest BCUT2D eigenvalue weighted by molar-refractivity contribution is 5.73. The first kappa shape index (κ1) is 31.4. The Bertz CT molecular complexity index is 1500. The molecule has 0 radical (unpaired) electrons. The third-order valence-corrected chi connectivity index (χ3v) is 7.88. The first-order valence-corrected chi connectivity index (χ1v) is 15.4. The number of nitrogens with one attached hydrogen (secondary N) is 1. The number of carbonyl (C=O) groups is 1. The lowest BCUT2D eigenvalue weighted by Crippen LogP contribution is -2.41. The molecule has 5 rings (SSSR count). The van der Waals surface area contributed by atoms with E-state index in [0.29, 0.717) is 43.3 Å². The van der Waals surface area contributed by atoms with Gasteiger partial charge in [-0.3, -0.25) is 0 Å². The van der Waals surface area contributed by atoms with Crippen LogP contribution < -0.4 is 15.0 Å². The van der Waals surface area contributed by atoms with Gasteiger partial charge in [-0.05, 0) is 83.6 Å². The average Bonchev–Trinajstić information content (AvgIpc) is 2.97. The summed E-state index contributed by atoms with van der Waals surface area (Å²) >= 11 is 0. The van der Waals surface area contributed by atoms with Gasteiger partial charge >= 0.3 is 6.09 Å². The number of halogens is 2. The van der Waals surface area contributed by atoms with Gasteiger partial charge in [0.2, 0.25) is 5.95 Å². The van der Waals surface area contributed by atoms with Crippen LogP contribution in [0.25, 0.3) is 11.3 Å². The smallest absolute Gasteiger partial charge is 0.410 e. The van der Waals surface area contributed by atoms with E-state index < -0.39 is 17.2 Å². The molecule has 9 nitrogen and oxygen atoms in total. The maximum atomic E-state index is 15.1. The Morgan fingerprint density at radius 2 is 1.86 bits per heavy atom. The number of rotatable bonds is 7. The summed E-state index contributed by atoms with van der Waals surface area (Å²) in [5.41, 5.74) is 2.48. The minimum Gasteiger partial charge on any atom is -0.486 e. The highest BCUT2D eigenvalue weighted by Gasteiger charge is 2.29. The fourth-order valence-corrected chi connectivity index (χ4v) is 5.81. The number of hydrogen-bond acceptors (Lipinski definition) is 8. The van der Waals surface area contributed by atoms with Crippen LogP contribution in [0.15, 0.2) is 30.5 Å². The molecule has 1 saturated heterocycles. The van der Waals surface area contributed by atoms with Crippen LogP contribution in [0, 0.1) is 11.6 Å². The number of ether oxygens (including phenoxy) is 2. The van der Waals surface area contributed by atoms with Crippen LogP contribution in [0.5, 0.6) is 5.75 Å². The van der Waals surface area contributed by atoms with E-state index in [4.69, 9.17) is 14.5 Å². The summed E-state index contributed by atoms with van der Waals surface area (Å²) in [4.78, 5) is 29.8. The lowest BCUT2D eigenvalue weighted by Gasteiger charge is -2.34. The fraction of sp³-hybridized carbons (Fsp3) is 0.515. The van der Waals surface area contributed by atoms with Crippen LogP contribution in [0.4, 0.5) is 31.0 Å². The van der Waals surface area contributed by atoms with Crippen molar-refractivity contribution >= 4 is 23.5 Å². The van der Waals surface area contributed by atoms with Crippen LogP contribution in [0.1, 0.15) is 78.0 Å². The molecule has 0 atom stereocenters. The summed E-state index contributed by atoms with van der Waals surface area (Å²) in [7, 11) is 0. The van der Waals surface area contributed by atoms with Gasteiger partial charge in [-0.25, -0.2) is 28.5 Å². The molecule has 4 heterocycles. The topological polar surface area (TPSA) is 92.7 Å². The number of aryl methyl sites for hydroxylation is 1. The predicted molar refractivity (Wildman–Crippen MR) is 167 cm³/mol. The second kappa shape index (κ2) is 12.9. The van der Waals surface area contributed by atoms with Crippen molar-refractivity contribution in [2.24, 2.45) is 0 Å². The number of piperidine rings is 1. The number of pyridine rings is 1. The maximum Gasteiger partial charge on any atom is 0.410 e. The average molecular weight is 609 g/mol. The van der Waals surface area contributed by atoms with Crippen molar-refractivity contribution in [2.45, 2.75) is 84.8 Å². The first-order valence-electron chi connectivity index (χ1n) is 15.4. The van der Waals surface area contributed by atoms with Crippen molar-refractivity contribution in [2.75, 3.05) is 36.5 Å². The van der Waals surface area contributed by atoms with Gasteiger partial charge in [0.05, 0.1) is 18.4 Å². The van der Waals surface area contributed by atoms with E-state index in [1.807, 2.05) is 45.6 Å². The summed E-state index contributed by atoms with van der Waals surface area (Å²) in [5.74, 6) is -0.0745.